The third-order valence-electron chi connectivity index (χ3n) is 7.02. The molecule has 0 radical (unpaired) electrons. The van der Waals surface area contributed by atoms with Gasteiger partial charge in [0.15, 0.2) is 11.9 Å². The fraction of sp³-hybridized carbons (Fsp3) is 0.441. The zero-order chi connectivity index (χ0) is 30.2. The molecular formula is C34H42N2O6. The number of aromatic nitrogens is 2. The van der Waals surface area contributed by atoms with Crippen LogP contribution < -0.4 is 4.74 Å². The highest BCUT2D eigenvalue weighted by Gasteiger charge is 2.19. The third-order valence-corrected chi connectivity index (χ3v) is 7.02. The monoisotopic (exact) mass is 574 g/mol. The van der Waals surface area contributed by atoms with E-state index in [2.05, 4.69) is 21.6 Å². The molecule has 1 unspecified atom stereocenters. The Bertz CT molecular complexity index is 1260. The first-order valence-corrected chi connectivity index (χ1v) is 14.9. The SMILES string of the molecule is CCCCCCCCCCCCc1cnc(-c2ccc(C(=O)Oc3ccc(C(=O)OC(C)C(=O)OC)cc3)cc2)nc1. The Labute approximate surface area is 248 Å². The van der Waals surface area contributed by atoms with Gasteiger partial charge in [0.2, 0.25) is 0 Å². The molecule has 3 rings (SSSR count). The highest BCUT2D eigenvalue weighted by Crippen LogP contribution is 2.19. The summed E-state index contributed by atoms with van der Waals surface area (Å²) in [6, 6.07) is 12.8. The number of hydrogen-bond acceptors (Lipinski definition) is 8. The summed E-state index contributed by atoms with van der Waals surface area (Å²) >= 11 is 0. The maximum atomic E-state index is 12.6. The normalized spacial score (nSPS) is 11.5. The second-order valence-corrected chi connectivity index (χ2v) is 10.4. The Morgan fingerprint density at radius 1 is 0.714 bits per heavy atom. The van der Waals surface area contributed by atoms with Crippen molar-refractivity contribution in [2.24, 2.45) is 0 Å². The molecule has 0 amide bonds. The van der Waals surface area contributed by atoms with Crippen LogP contribution >= 0.6 is 0 Å². The van der Waals surface area contributed by atoms with Gasteiger partial charge in [0, 0.05) is 18.0 Å². The van der Waals surface area contributed by atoms with E-state index in [4.69, 9.17) is 9.47 Å². The lowest BCUT2D eigenvalue weighted by molar-refractivity contribution is -0.149. The molecule has 0 spiro atoms. The molecule has 3 aromatic rings. The Morgan fingerprint density at radius 3 is 1.81 bits per heavy atom. The molecule has 224 valence electrons. The van der Waals surface area contributed by atoms with Gasteiger partial charge in [-0.25, -0.2) is 24.4 Å². The molecule has 0 aliphatic heterocycles. The number of rotatable bonds is 17. The van der Waals surface area contributed by atoms with E-state index in [9.17, 15) is 14.4 Å². The van der Waals surface area contributed by atoms with Crippen molar-refractivity contribution in [1.82, 2.24) is 9.97 Å². The van der Waals surface area contributed by atoms with Gasteiger partial charge >= 0.3 is 17.9 Å². The molecule has 0 aliphatic carbocycles. The topological polar surface area (TPSA) is 105 Å². The lowest BCUT2D eigenvalue weighted by Crippen LogP contribution is -2.25. The summed E-state index contributed by atoms with van der Waals surface area (Å²) in [6.45, 7) is 3.68. The number of aryl methyl sites for hydroxylation is 1. The van der Waals surface area contributed by atoms with Gasteiger partial charge in [-0.05, 0) is 61.7 Å². The molecule has 0 saturated heterocycles. The average molecular weight is 575 g/mol. The van der Waals surface area contributed by atoms with Crippen LogP contribution in [0, 0.1) is 0 Å². The van der Waals surface area contributed by atoms with Crippen molar-refractivity contribution in [3.05, 3.63) is 77.6 Å². The van der Waals surface area contributed by atoms with Crippen LogP contribution in [0.5, 0.6) is 5.75 Å². The minimum atomic E-state index is -1.03. The quantitative estimate of drug-likeness (QED) is 0.0925. The van der Waals surface area contributed by atoms with E-state index in [1.54, 1.807) is 24.3 Å². The third kappa shape index (κ3) is 10.7. The molecule has 8 nitrogen and oxygen atoms in total. The van der Waals surface area contributed by atoms with E-state index < -0.39 is 24.0 Å². The zero-order valence-electron chi connectivity index (χ0n) is 25.0. The van der Waals surface area contributed by atoms with Crippen LogP contribution in [0.15, 0.2) is 60.9 Å². The van der Waals surface area contributed by atoms with Crippen LogP contribution in [0.2, 0.25) is 0 Å². The van der Waals surface area contributed by atoms with Crippen molar-refractivity contribution in [2.75, 3.05) is 7.11 Å². The van der Waals surface area contributed by atoms with Crippen molar-refractivity contribution in [3.8, 4) is 17.1 Å². The molecule has 8 heteroatoms. The van der Waals surface area contributed by atoms with Crippen LogP contribution in [0.3, 0.4) is 0 Å². The average Bonchev–Trinajstić information content (AvgIpc) is 3.02. The number of benzene rings is 2. The Morgan fingerprint density at radius 2 is 1.24 bits per heavy atom. The van der Waals surface area contributed by atoms with E-state index >= 15 is 0 Å². The van der Waals surface area contributed by atoms with E-state index in [-0.39, 0.29) is 11.3 Å². The summed E-state index contributed by atoms with van der Waals surface area (Å²) in [5.41, 5.74) is 2.52. The maximum Gasteiger partial charge on any atom is 0.346 e. The van der Waals surface area contributed by atoms with Gasteiger partial charge in [0.1, 0.15) is 5.75 Å². The van der Waals surface area contributed by atoms with Gasteiger partial charge in [0.05, 0.1) is 18.2 Å². The fourth-order valence-corrected chi connectivity index (χ4v) is 4.47. The molecule has 0 bridgehead atoms. The molecule has 0 fully saturated rings. The maximum absolute atomic E-state index is 12.6. The molecule has 1 aromatic heterocycles. The number of esters is 3. The summed E-state index contributed by atoms with van der Waals surface area (Å²) in [7, 11) is 1.22. The van der Waals surface area contributed by atoms with E-state index in [1.165, 1.54) is 96.1 Å². The summed E-state index contributed by atoms with van der Waals surface area (Å²) in [5.74, 6) is -1.00. The fourth-order valence-electron chi connectivity index (χ4n) is 4.47. The second-order valence-electron chi connectivity index (χ2n) is 10.4. The van der Waals surface area contributed by atoms with Gasteiger partial charge in [-0.3, -0.25) is 0 Å². The van der Waals surface area contributed by atoms with Gasteiger partial charge in [-0.1, -0.05) is 76.8 Å². The number of carbonyl (C=O) groups excluding carboxylic acids is 3. The standard InChI is InChI=1S/C34H42N2O6/c1-4-5-6-7-8-9-10-11-12-13-14-26-23-35-31(36-24-26)27-15-17-28(18-16-27)34(39)42-30-21-19-29(20-22-30)33(38)41-25(2)32(37)40-3/h15-25H,4-14H2,1-3H3. The molecule has 0 aliphatic rings. The van der Waals surface area contributed by atoms with Crippen LogP contribution in [-0.2, 0) is 20.7 Å². The summed E-state index contributed by atoms with van der Waals surface area (Å²) in [4.78, 5) is 45.3. The van der Waals surface area contributed by atoms with Crippen LogP contribution in [0.1, 0.15) is 104 Å². The van der Waals surface area contributed by atoms with Gasteiger partial charge in [0.25, 0.3) is 0 Å². The van der Waals surface area contributed by atoms with E-state index in [0.717, 1.165) is 24.0 Å². The number of methoxy groups -OCH3 is 1. The van der Waals surface area contributed by atoms with Gasteiger partial charge in [-0.2, -0.15) is 0 Å². The first-order chi connectivity index (χ1) is 20.4. The predicted molar refractivity (Wildman–Crippen MR) is 161 cm³/mol. The van der Waals surface area contributed by atoms with Crippen molar-refractivity contribution < 1.29 is 28.6 Å². The smallest absolute Gasteiger partial charge is 0.346 e. The Kier molecular flexibility index (Phi) is 13.7. The van der Waals surface area contributed by atoms with Crippen LogP contribution in [0.4, 0.5) is 0 Å². The highest BCUT2D eigenvalue weighted by molar-refractivity contribution is 5.93. The molecule has 1 atom stereocenters. The number of unbranched alkanes of at least 4 members (excludes halogenated alkanes) is 9. The molecule has 1 heterocycles. The van der Waals surface area contributed by atoms with Crippen molar-refractivity contribution in [3.63, 3.8) is 0 Å². The Hall–Kier alpha value is -4.07. The van der Waals surface area contributed by atoms with Crippen molar-refractivity contribution >= 4 is 17.9 Å². The predicted octanol–water partition coefficient (Wildman–Crippen LogP) is 7.54. The van der Waals surface area contributed by atoms with E-state index in [0.29, 0.717) is 11.4 Å². The number of hydrogen-bond donors (Lipinski definition) is 0. The van der Waals surface area contributed by atoms with Gasteiger partial charge < -0.3 is 14.2 Å². The molecule has 42 heavy (non-hydrogen) atoms. The molecule has 2 aromatic carbocycles. The first kappa shape index (κ1) is 32.4. The van der Waals surface area contributed by atoms with E-state index in [1.807, 2.05) is 12.4 Å². The van der Waals surface area contributed by atoms with Crippen LogP contribution in [-0.4, -0.2) is 41.1 Å². The lowest BCUT2D eigenvalue weighted by Gasteiger charge is -2.11. The number of nitrogens with zero attached hydrogens (tertiary/aromatic N) is 2. The number of ether oxygens (including phenoxy) is 3. The summed E-state index contributed by atoms with van der Waals surface area (Å²) < 4.78 is 15.0. The van der Waals surface area contributed by atoms with Crippen molar-refractivity contribution in [1.29, 1.82) is 0 Å². The minimum absolute atomic E-state index is 0.212. The highest BCUT2D eigenvalue weighted by atomic mass is 16.6. The molecule has 0 saturated carbocycles. The second kappa shape index (κ2) is 17.7. The molecular weight excluding hydrogens is 532 g/mol. The summed E-state index contributed by atoms with van der Waals surface area (Å²) in [5, 5.41) is 0. The first-order valence-electron chi connectivity index (χ1n) is 14.9. The Balaban J connectivity index is 1.41. The zero-order valence-corrected chi connectivity index (χ0v) is 25.0. The molecule has 0 N–H and O–H groups in total. The lowest BCUT2D eigenvalue weighted by atomic mass is 10.0. The summed E-state index contributed by atoms with van der Waals surface area (Å²) in [6.07, 6.45) is 16.9. The minimum Gasteiger partial charge on any atom is -0.466 e. The van der Waals surface area contributed by atoms with Crippen LogP contribution in [0.25, 0.3) is 11.4 Å². The van der Waals surface area contributed by atoms with Crippen molar-refractivity contribution in [2.45, 2.75) is 90.6 Å². The van der Waals surface area contributed by atoms with Gasteiger partial charge in [-0.15, -0.1) is 0 Å². The largest absolute Gasteiger partial charge is 0.466 e. The number of carbonyl (C=O) groups is 3.